The van der Waals surface area contributed by atoms with E-state index in [-0.39, 0.29) is 6.10 Å². The van der Waals surface area contributed by atoms with Gasteiger partial charge in [-0.2, -0.15) is 0 Å². The van der Waals surface area contributed by atoms with Gasteiger partial charge in [-0.05, 0) is 12.0 Å². The van der Waals surface area contributed by atoms with Gasteiger partial charge in [0.05, 0.1) is 12.7 Å². The van der Waals surface area contributed by atoms with Gasteiger partial charge in [-0.3, -0.25) is 0 Å². The van der Waals surface area contributed by atoms with Crippen LogP contribution < -0.4 is 0 Å². The van der Waals surface area contributed by atoms with Gasteiger partial charge >= 0.3 is 0 Å². The Balaban J connectivity index is 2.62. The number of hydrogen-bond acceptors (Lipinski definition) is 1. The van der Waals surface area contributed by atoms with Crippen LogP contribution in [0.5, 0.6) is 0 Å². The Morgan fingerprint density at radius 2 is 2.07 bits per heavy atom. The summed E-state index contributed by atoms with van der Waals surface area (Å²) < 4.78 is 5.62. The smallest absolute Gasteiger partial charge is 0.0840 e. The molecule has 0 saturated heterocycles. The SMILES string of the molecule is C=CCOC(CCCl)c1ccccc1. The van der Waals surface area contributed by atoms with Crippen LogP contribution in [-0.4, -0.2) is 12.5 Å². The summed E-state index contributed by atoms with van der Waals surface area (Å²) in [6, 6.07) is 10.1. The Kier molecular flexibility index (Phi) is 5.35. The lowest BCUT2D eigenvalue weighted by atomic mass is 10.1. The molecule has 0 aliphatic carbocycles. The van der Waals surface area contributed by atoms with Crippen LogP contribution in [0, 0.1) is 0 Å². The molecule has 76 valence electrons. The van der Waals surface area contributed by atoms with Crippen molar-refractivity contribution in [1.29, 1.82) is 0 Å². The Bertz CT molecular complexity index is 258. The maximum absolute atomic E-state index is 5.72. The highest BCUT2D eigenvalue weighted by Gasteiger charge is 2.09. The van der Waals surface area contributed by atoms with Gasteiger partial charge in [-0.25, -0.2) is 0 Å². The fourth-order valence-corrected chi connectivity index (χ4v) is 1.50. The highest BCUT2D eigenvalue weighted by atomic mass is 35.5. The average Bonchev–Trinajstić information content (AvgIpc) is 2.25. The zero-order valence-electron chi connectivity index (χ0n) is 8.16. The summed E-state index contributed by atoms with van der Waals surface area (Å²) in [6.45, 7) is 4.19. The molecule has 0 heterocycles. The summed E-state index contributed by atoms with van der Waals surface area (Å²) in [4.78, 5) is 0. The normalized spacial score (nSPS) is 12.4. The van der Waals surface area contributed by atoms with Crippen LogP contribution in [0.3, 0.4) is 0 Å². The van der Waals surface area contributed by atoms with E-state index in [4.69, 9.17) is 16.3 Å². The van der Waals surface area contributed by atoms with Gasteiger partial charge in [0.2, 0.25) is 0 Å². The molecule has 14 heavy (non-hydrogen) atoms. The van der Waals surface area contributed by atoms with E-state index in [1.54, 1.807) is 6.08 Å². The van der Waals surface area contributed by atoms with E-state index in [9.17, 15) is 0 Å². The molecule has 1 atom stereocenters. The maximum atomic E-state index is 5.72. The molecular formula is C12H15ClO. The number of rotatable bonds is 6. The lowest BCUT2D eigenvalue weighted by molar-refractivity contribution is 0.0720. The van der Waals surface area contributed by atoms with Crippen molar-refractivity contribution in [3.8, 4) is 0 Å². The second kappa shape index (κ2) is 6.63. The molecule has 0 aliphatic heterocycles. The van der Waals surface area contributed by atoms with E-state index in [2.05, 4.69) is 18.7 Å². The van der Waals surface area contributed by atoms with Crippen molar-refractivity contribution >= 4 is 11.6 Å². The average molecular weight is 211 g/mol. The zero-order valence-corrected chi connectivity index (χ0v) is 8.91. The summed E-state index contributed by atoms with van der Waals surface area (Å²) in [5.74, 6) is 0.608. The highest BCUT2D eigenvalue weighted by molar-refractivity contribution is 6.17. The van der Waals surface area contributed by atoms with Gasteiger partial charge in [0, 0.05) is 5.88 Å². The topological polar surface area (TPSA) is 9.23 Å². The van der Waals surface area contributed by atoms with E-state index in [1.165, 1.54) is 5.56 Å². The second-order valence-corrected chi connectivity index (χ2v) is 3.38. The van der Waals surface area contributed by atoms with Crippen molar-refractivity contribution in [2.75, 3.05) is 12.5 Å². The molecular weight excluding hydrogens is 196 g/mol. The van der Waals surface area contributed by atoms with Crippen molar-refractivity contribution in [2.45, 2.75) is 12.5 Å². The molecule has 0 saturated carbocycles. The van der Waals surface area contributed by atoms with Crippen LogP contribution in [-0.2, 0) is 4.74 Å². The van der Waals surface area contributed by atoms with Crippen LogP contribution in [0.25, 0.3) is 0 Å². The maximum Gasteiger partial charge on any atom is 0.0840 e. The van der Waals surface area contributed by atoms with Gasteiger partial charge in [0.15, 0.2) is 0 Å². The summed E-state index contributed by atoms with van der Waals surface area (Å²) >= 11 is 5.72. The number of alkyl halides is 1. The standard InChI is InChI=1S/C12H15ClO/c1-2-10-14-12(8-9-13)11-6-4-3-5-7-11/h2-7,12H,1,8-10H2. The first-order valence-electron chi connectivity index (χ1n) is 4.72. The van der Waals surface area contributed by atoms with E-state index in [1.807, 2.05) is 18.2 Å². The van der Waals surface area contributed by atoms with Crippen LogP contribution in [0.15, 0.2) is 43.0 Å². The van der Waals surface area contributed by atoms with Crippen molar-refractivity contribution in [2.24, 2.45) is 0 Å². The van der Waals surface area contributed by atoms with Gasteiger partial charge in [0.1, 0.15) is 0 Å². The molecule has 1 aromatic rings. The first kappa shape index (κ1) is 11.3. The summed E-state index contributed by atoms with van der Waals surface area (Å²) in [6.07, 6.45) is 2.68. The third-order valence-electron chi connectivity index (χ3n) is 1.96. The van der Waals surface area contributed by atoms with Crippen LogP contribution in [0.2, 0.25) is 0 Å². The first-order chi connectivity index (χ1) is 6.88. The largest absolute Gasteiger partial charge is 0.369 e. The molecule has 0 amide bonds. The van der Waals surface area contributed by atoms with Gasteiger partial charge in [-0.15, -0.1) is 18.2 Å². The molecule has 0 bridgehead atoms. The Hall–Kier alpha value is -0.790. The van der Waals surface area contributed by atoms with Crippen LogP contribution in [0.4, 0.5) is 0 Å². The van der Waals surface area contributed by atoms with Crippen molar-refractivity contribution in [1.82, 2.24) is 0 Å². The predicted molar refractivity (Wildman–Crippen MR) is 60.7 cm³/mol. The summed E-state index contributed by atoms with van der Waals surface area (Å²) in [7, 11) is 0. The molecule has 1 unspecified atom stereocenters. The molecule has 0 aliphatic rings. The zero-order chi connectivity index (χ0) is 10.2. The minimum absolute atomic E-state index is 0.0895. The monoisotopic (exact) mass is 210 g/mol. The van der Waals surface area contributed by atoms with E-state index in [0.717, 1.165) is 6.42 Å². The Labute approximate surface area is 90.3 Å². The lowest BCUT2D eigenvalue weighted by Crippen LogP contribution is -2.05. The third-order valence-corrected chi connectivity index (χ3v) is 2.18. The predicted octanol–water partition coefficient (Wildman–Crippen LogP) is 3.56. The second-order valence-electron chi connectivity index (χ2n) is 3.00. The first-order valence-corrected chi connectivity index (χ1v) is 5.25. The lowest BCUT2D eigenvalue weighted by Gasteiger charge is -2.15. The van der Waals surface area contributed by atoms with Gasteiger partial charge < -0.3 is 4.74 Å². The van der Waals surface area contributed by atoms with Crippen LogP contribution >= 0.6 is 11.6 Å². The molecule has 1 nitrogen and oxygen atoms in total. The van der Waals surface area contributed by atoms with E-state index < -0.39 is 0 Å². The molecule has 2 heteroatoms. The van der Waals surface area contributed by atoms with E-state index in [0.29, 0.717) is 12.5 Å². The summed E-state index contributed by atoms with van der Waals surface area (Å²) in [5, 5.41) is 0. The highest BCUT2D eigenvalue weighted by Crippen LogP contribution is 2.21. The number of ether oxygens (including phenoxy) is 1. The molecule has 0 fully saturated rings. The van der Waals surface area contributed by atoms with Crippen molar-refractivity contribution in [3.63, 3.8) is 0 Å². The quantitative estimate of drug-likeness (QED) is 0.515. The molecule has 0 spiro atoms. The van der Waals surface area contributed by atoms with Crippen LogP contribution in [0.1, 0.15) is 18.1 Å². The van der Waals surface area contributed by atoms with Crippen molar-refractivity contribution in [3.05, 3.63) is 48.6 Å². The van der Waals surface area contributed by atoms with Gasteiger partial charge in [0.25, 0.3) is 0 Å². The fraction of sp³-hybridized carbons (Fsp3) is 0.333. The number of halogens is 1. The minimum atomic E-state index is 0.0895. The fourth-order valence-electron chi connectivity index (χ4n) is 1.30. The molecule has 1 aromatic carbocycles. The molecule has 0 aromatic heterocycles. The van der Waals surface area contributed by atoms with E-state index >= 15 is 0 Å². The number of hydrogen-bond donors (Lipinski definition) is 0. The Morgan fingerprint density at radius 3 is 2.64 bits per heavy atom. The minimum Gasteiger partial charge on any atom is -0.369 e. The summed E-state index contributed by atoms with van der Waals surface area (Å²) in [5.41, 5.74) is 1.18. The number of benzene rings is 1. The molecule has 1 rings (SSSR count). The van der Waals surface area contributed by atoms with Gasteiger partial charge in [-0.1, -0.05) is 36.4 Å². The molecule has 0 N–H and O–H groups in total. The Morgan fingerprint density at radius 1 is 1.36 bits per heavy atom. The van der Waals surface area contributed by atoms with Crippen molar-refractivity contribution < 1.29 is 4.74 Å². The third kappa shape index (κ3) is 3.52. The molecule has 0 radical (unpaired) electrons.